The number of rotatable bonds is 7. The Balaban J connectivity index is 1.35. The van der Waals surface area contributed by atoms with Crippen LogP contribution < -0.4 is 15.8 Å². The number of nitrogens with two attached hydrogens (primary N) is 1. The summed E-state index contributed by atoms with van der Waals surface area (Å²) < 4.78 is 52.8. The van der Waals surface area contributed by atoms with Crippen LogP contribution in [-0.4, -0.2) is 37.4 Å². The maximum atomic E-state index is 14.9. The zero-order valence-electron chi connectivity index (χ0n) is 18.3. The van der Waals surface area contributed by atoms with Crippen LogP contribution in [-0.2, 0) is 12.1 Å². The number of hydrogen-bond donors (Lipinski definition) is 2. The van der Waals surface area contributed by atoms with E-state index < -0.39 is 34.5 Å². The van der Waals surface area contributed by atoms with Gasteiger partial charge in [-0.1, -0.05) is 11.8 Å². The van der Waals surface area contributed by atoms with Crippen molar-refractivity contribution in [3.63, 3.8) is 0 Å². The number of anilines is 1. The second-order valence-electron chi connectivity index (χ2n) is 8.38. The van der Waals surface area contributed by atoms with Gasteiger partial charge in [0.15, 0.2) is 23.4 Å². The number of amides is 1. The number of carbonyl (C=O) groups excluding carboxylic acids is 1. The van der Waals surface area contributed by atoms with Crippen molar-refractivity contribution in [2.45, 2.75) is 30.2 Å². The number of fused-ring (bicyclic) bond motifs is 1. The van der Waals surface area contributed by atoms with Crippen molar-refractivity contribution in [3.8, 4) is 5.88 Å². The first-order valence-corrected chi connectivity index (χ1v) is 11.3. The summed E-state index contributed by atoms with van der Waals surface area (Å²) in [5.74, 6) is -2.90. The normalized spacial score (nSPS) is 24.9. The van der Waals surface area contributed by atoms with E-state index in [2.05, 4.69) is 25.3 Å². The van der Waals surface area contributed by atoms with Gasteiger partial charge in [0.2, 0.25) is 11.8 Å². The van der Waals surface area contributed by atoms with Gasteiger partial charge < -0.3 is 20.2 Å². The molecule has 0 bridgehead atoms. The minimum absolute atomic E-state index is 0.0189. The summed E-state index contributed by atoms with van der Waals surface area (Å²) >= 11 is 1.12. The van der Waals surface area contributed by atoms with E-state index in [0.29, 0.717) is 12.3 Å². The molecule has 0 unspecified atom stereocenters. The molecule has 1 aliphatic carbocycles. The van der Waals surface area contributed by atoms with E-state index in [9.17, 15) is 18.0 Å². The summed E-state index contributed by atoms with van der Waals surface area (Å²) in [5, 5.41) is 2.59. The SMILES string of the molecule is C[C@@]1(c2cc(NC(=O)c3cnc(OCc4ncco4)cn3)cc(F)c2F)N=C(N)S[C@@]2(CF)C[C@H]21. The van der Waals surface area contributed by atoms with Crippen LogP contribution in [0.1, 0.15) is 35.3 Å². The highest BCUT2D eigenvalue weighted by Crippen LogP contribution is 2.66. The number of aliphatic imine (C=N–C) groups is 1. The molecule has 9 nitrogen and oxygen atoms in total. The minimum atomic E-state index is -1.28. The first kappa shape index (κ1) is 23.1. The molecule has 3 atom stereocenters. The fraction of sp³-hybridized carbons (Fsp3) is 0.318. The number of aromatic nitrogens is 3. The molecule has 2 aromatic heterocycles. The number of alkyl halides is 1. The number of nitrogens with one attached hydrogen (secondary N) is 1. The molecule has 3 aromatic rings. The van der Waals surface area contributed by atoms with Gasteiger partial charge in [-0.25, -0.2) is 28.1 Å². The van der Waals surface area contributed by atoms with Crippen LogP contribution in [0.5, 0.6) is 5.88 Å². The molecule has 0 spiro atoms. The third-order valence-electron chi connectivity index (χ3n) is 6.10. The maximum Gasteiger partial charge on any atom is 0.275 e. The van der Waals surface area contributed by atoms with E-state index in [1.165, 1.54) is 30.9 Å². The fourth-order valence-corrected chi connectivity index (χ4v) is 5.59. The molecular weight excluding hydrogens is 485 g/mol. The molecule has 35 heavy (non-hydrogen) atoms. The Bertz CT molecular complexity index is 1310. The molecule has 1 fully saturated rings. The largest absolute Gasteiger partial charge is 0.467 e. The van der Waals surface area contributed by atoms with Gasteiger partial charge in [0.1, 0.15) is 18.6 Å². The number of hydrogen-bond acceptors (Lipinski definition) is 9. The van der Waals surface area contributed by atoms with Crippen molar-refractivity contribution in [2.75, 3.05) is 12.0 Å². The van der Waals surface area contributed by atoms with Crippen LogP contribution in [0.25, 0.3) is 0 Å². The minimum Gasteiger partial charge on any atom is -0.467 e. The molecule has 1 saturated carbocycles. The van der Waals surface area contributed by atoms with Gasteiger partial charge >= 0.3 is 0 Å². The number of benzene rings is 1. The quantitative estimate of drug-likeness (QED) is 0.500. The van der Waals surface area contributed by atoms with Crippen molar-refractivity contribution in [1.29, 1.82) is 0 Å². The molecule has 1 aromatic carbocycles. The van der Waals surface area contributed by atoms with Crippen molar-refractivity contribution in [2.24, 2.45) is 16.6 Å². The van der Waals surface area contributed by atoms with Crippen LogP contribution in [0.15, 0.2) is 46.4 Å². The molecule has 0 saturated heterocycles. The lowest BCUT2D eigenvalue weighted by Crippen LogP contribution is -2.37. The third-order valence-corrected chi connectivity index (χ3v) is 7.37. The van der Waals surface area contributed by atoms with Gasteiger partial charge in [-0.15, -0.1) is 0 Å². The lowest BCUT2D eigenvalue weighted by atomic mass is 9.85. The number of halogens is 3. The van der Waals surface area contributed by atoms with Gasteiger partial charge in [-0.05, 0) is 19.4 Å². The Morgan fingerprint density at radius 1 is 1.31 bits per heavy atom. The number of amidine groups is 1. The lowest BCUT2D eigenvalue weighted by Gasteiger charge is -2.33. The molecule has 5 rings (SSSR count). The second-order valence-corrected chi connectivity index (χ2v) is 9.82. The van der Waals surface area contributed by atoms with E-state index >= 15 is 0 Å². The predicted octanol–water partition coefficient (Wildman–Crippen LogP) is 3.58. The highest BCUT2D eigenvalue weighted by molar-refractivity contribution is 8.15. The third kappa shape index (κ3) is 4.20. The monoisotopic (exact) mass is 504 g/mol. The van der Waals surface area contributed by atoms with Gasteiger partial charge in [0, 0.05) is 23.2 Å². The van der Waals surface area contributed by atoms with Gasteiger partial charge in [0.05, 0.1) is 28.9 Å². The second kappa shape index (κ2) is 8.56. The molecule has 1 amide bonds. The topological polar surface area (TPSA) is 129 Å². The lowest BCUT2D eigenvalue weighted by molar-refractivity contribution is 0.102. The fourth-order valence-electron chi connectivity index (χ4n) is 4.26. The van der Waals surface area contributed by atoms with E-state index in [0.717, 1.165) is 17.8 Å². The molecule has 3 heterocycles. The van der Waals surface area contributed by atoms with Gasteiger partial charge in [0.25, 0.3) is 5.91 Å². The van der Waals surface area contributed by atoms with E-state index in [4.69, 9.17) is 14.9 Å². The Morgan fingerprint density at radius 2 is 2.14 bits per heavy atom. The molecule has 182 valence electrons. The van der Waals surface area contributed by atoms with Gasteiger partial charge in [-0.3, -0.25) is 9.79 Å². The molecule has 1 aliphatic heterocycles. The Hall–Kier alpha value is -3.61. The number of carbonyl (C=O) groups is 1. The first-order chi connectivity index (χ1) is 16.7. The summed E-state index contributed by atoms with van der Waals surface area (Å²) in [5.41, 5.74) is 4.40. The van der Waals surface area contributed by atoms with E-state index in [-0.39, 0.29) is 40.5 Å². The maximum absolute atomic E-state index is 14.9. The highest BCUT2D eigenvalue weighted by atomic mass is 32.2. The van der Waals surface area contributed by atoms with E-state index in [1.54, 1.807) is 6.92 Å². The Kier molecular flexibility index (Phi) is 5.66. The highest BCUT2D eigenvalue weighted by Gasteiger charge is 2.66. The molecule has 3 N–H and O–H groups in total. The number of ether oxygens (including phenoxy) is 1. The zero-order chi connectivity index (χ0) is 24.8. The van der Waals surface area contributed by atoms with Crippen LogP contribution in [0.4, 0.5) is 18.9 Å². The van der Waals surface area contributed by atoms with Crippen LogP contribution in [0, 0.1) is 17.6 Å². The van der Waals surface area contributed by atoms with Crippen LogP contribution in [0.3, 0.4) is 0 Å². The van der Waals surface area contributed by atoms with Crippen LogP contribution in [0.2, 0.25) is 0 Å². The average molecular weight is 504 g/mol. The summed E-state index contributed by atoms with van der Waals surface area (Å²) in [6, 6.07) is 2.13. The van der Waals surface area contributed by atoms with Crippen molar-refractivity contribution in [1.82, 2.24) is 15.0 Å². The van der Waals surface area contributed by atoms with Crippen molar-refractivity contribution in [3.05, 3.63) is 65.8 Å². The van der Waals surface area contributed by atoms with Gasteiger partial charge in [-0.2, -0.15) is 0 Å². The van der Waals surface area contributed by atoms with Crippen molar-refractivity contribution < 1.29 is 27.1 Å². The standard InChI is InChI=1S/C22H19F3N6O3S/c1-21(15-6-22(15,10-23)35-20(26)31-21)12-4-11(5-13(24)18(12)25)30-19(32)14-7-29-16(8-28-14)34-9-17-27-2-3-33-17/h2-5,7-8,15H,6,9-10H2,1H3,(H2,26,31)(H,30,32)/t15-,21-,22+/m0/s1. The predicted molar refractivity (Wildman–Crippen MR) is 121 cm³/mol. The van der Waals surface area contributed by atoms with E-state index in [1.807, 2.05) is 0 Å². The summed E-state index contributed by atoms with van der Waals surface area (Å²) in [7, 11) is 0. The zero-order valence-corrected chi connectivity index (χ0v) is 19.1. The molecule has 2 aliphatic rings. The molecule has 0 radical (unpaired) electrons. The Morgan fingerprint density at radius 3 is 2.83 bits per heavy atom. The summed E-state index contributed by atoms with van der Waals surface area (Å²) in [4.78, 5) is 28.9. The summed E-state index contributed by atoms with van der Waals surface area (Å²) in [6.45, 7) is 0.957. The first-order valence-electron chi connectivity index (χ1n) is 10.5. The number of thioether (sulfide) groups is 1. The Labute approximate surface area is 201 Å². The average Bonchev–Trinajstić information content (AvgIpc) is 3.34. The number of nitrogens with zero attached hydrogens (tertiary/aromatic N) is 4. The molecule has 13 heteroatoms. The smallest absolute Gasteiger partial charge is 0.275 e. The van der Waals surface area contributed by atoms with Crippen LogP contribution >= 0.6 is 11.8 Å². The van der Waals surface area contributed by atoms with Crippen molar-refractivity contribution >= 4 is 28.5 Å². The number of oxazole rings is 1. The summed E-state index contributed by atoms with van der Waals surface area (Å²) in [6.07, 6.45) is 5.70. The molecular formula is C22H19F3N6O3S.